The van der Waals surface area contributed by atoms with Crippen LogP contribution in [-0.2, 0) is 21.2 Å². The molecule has 0 bridgehead atoms. The Hall–Kier alpha value is -3.13. The fourth-order valence-corrected chi connectivity index (χ4v) is 3.30. The van der Waals surface area contributed by atoms with Gasteiger partial charge in [0.25, 0.3) is 5.91 Å². The molecule has 0 aliphatic rings. The van der Waals surface area contributed by atoms with E-state index in [-0.39, 0.29) is 6.54 Å². The first-order valence-corrected chi connectivity index (χ1v) is 10.9. The smallest absolute Gasteiger partial charge is 0.260 e. The van der Waals surface area contributed by atoms with E-state index in [2.05, 4.69) is 17.1 Å². The summed E-state index contributed by atoms with van der Waals surface area (Å²) in [7, 11) is -3.62. The highest BCUT2D eigenvalue weighted by atomic mass is 32.2. The van der Waals surface area contributed by atoms with E-state index in [4.69, 9.17) is 4.74 Å². The molecular weight excluding hydrogens is 390 g/mol. The van der Waals surface area contributed by atoms with Gasteiger partial charge in [-0.1, -0.05) is 31.7 Å². The number of hydrogen-bond acceptors (Lipinski definition) is 5. The van der Waals surface area contributed by atoms with Crippen molar-refractivity contribution in [2.75, 3.05) is 23.7 Å². The molecule has 0 spiro atoms. The number of sulfonamides is 1. The Morgan fingerprint density at radius 2 is 1.83 bits per heavy atom. The maximum absolute atomic E-state index is 12.2. The molecule has 0 radical (unpaired) electrons. The molecule has 0 aliphatic carbocycles. The van der Waals surface area contributed by atoms with Gasteiger partial charge in [0.1, 0.15) is 18.9 Å². The quantitative estimate of drug-likeness (QED) is 0.367. The molecule has 0 atom stereocenters. The lowest BCUT2D eigenvalue weighted by molar-refractivity contribution is -0.119. The molecule has 1 amide bonds. The number of rotatable bonds is 10. The zero-order valence-corrected chi connectivity index (χ0v) is 17.4. The Bertz CT molecular complexity index is 952. The Morgan fingerprint density at radius 3 is 2.38 bits per heavy atom. The summed E-state index contributed by atoms with van der Waals surface area (Å²) >= 11 is 0. The van der Waals surface area contributed by atoms with Crippen LogP contribution < -0.4 is 14.5 Å². The lowest BCUT2D eigenvalue weighted by atomic mass is 10.1. The highest BCUT2D eigenvalue weighted by Gasteiger charge is 2.20. The number of ether oxygens (including phenoxy) is 1. The van der Waals surface area contributed by atoms with Gasteiger partial charge in [-0.15, -0.1) is 0 Å². The van der Waals surface area contributed by atoms with Crippen LogP contribution in [0.3, 0.4) is 0 Å². The Labute approximate surface area is 171 Å². The van der Waals surface area contributed by atoms with Crippen molar-refractivity contribution in [3.05, 3.63) is 72.3 Å². The molecule has 0 heterocycles. The summed E-state index contributed by atoms with van der Waals surface area (Å²) in [4.78, 5) is 12.2. The van der Waals surface area contributed by atoms with E-state index in [1.807, 2.05) is 19.1 Å². The molecular formula is C21H25N3O4S. The van der Waals surface area contributed by atoms with E-state index in [9.17, 15) is 13.2 Å². The van der Waals surface area contributed by atoms with E-state index >= 15 is 0 Å². The molecule has 0 saturated carbocycles. The van der Waals surface area contributed by atoms with Crippen LogP contribution in [0.15, 0.2) is 66.3 Å². The molecule has 2 aromatic rings. The van der Waals surface area contributed by atoms with Crippen molar-refractivity contribution >= 4 is 27.8 Å². The number of hydrogen-bond donors (Lipinski definition) is 1. The van der Waals surface area contributed by atoms with Crippen molar-refractivity contribution in [1.29, 1.82) is 0 Å². The SMILES string of the molecule is C=CCOc1ccc(/C=N\NC(=O)CN(c2ccc(CC)cc2)S(C)(=O)=O)cc1. The fourth-order valence-electron chi connectivity index (χ4n) is 2.45. The van der Waals surface area contributed by atoms with Gasteiger partial charge in [0, 0.05) is 0 Å². The third kappa shape index (κ3) is 7.08. The number of nitrogens with one attached hydrogen (secondary N) is 1. The molecule has 0 fully saturated rings. The molecule has 29 heavy (non-hydrogen) atoms. The maximum atomic E-state index is 12.2. The van der Waals surface area contributed by atoms with E-state index in [0.29, 0.717) is 18.0 Å². The van der Waals surface area contributed by atoms with Gasteiger partial charge in [0.2, 0.25) is 10.0 Å². The van der Waals surface area contributed by atoms with Gasteiger partial charge < -0.3 is 4.74 Å². The van der Waals surface area contributed by atoms with E-state index in [0.717, 1.165) is 28.1 Å². The van der Waals surface area contributed by atoms with Crippen molar-refractivity contribution < 1.29 is 17.9 Å². The number of aryl methyl sites for hydroxylation is 1. The van der Waals surface area contributed by atoms with Gasteiger partial charge in [-0.25, -0.2) is 13.8 Å². The molecule has 0 aromatic heterocycles. The first kappa shape index (κ1) is 22.2. The summed E-state index contributed by atoms with van der Waals surface area (Å²) in [6.07, 6.45) is 5.03. The number of anilines is 1. The fraction of sp³-hybridized carbons (Fsp3) is 0.238. The predicted molar refractivity (Wildman–Crippen MR) is 116 cm³/mol. The molecule has 1 N–H and O–H groups in total. The lowest BCUT2D eigenvalue weighted by Crippen LogP contribution is -2.39. The van der Waals surface area contributed by atoms with Crippen molar-refractivity contribution in [2.24, 2.45) is 5.10 Å². The number of carbonyl (C=O) groups is 1. The number of amides is 1. The standard InChI is InChI=1S/C21H25N3O4S/c1-4-14-28-20-12-8-18(9-13-20)15-22-23-21(25)16-24(29(3,26)27)19-10-6-17(5-2)7-11-19/h4,6-13,15H,1,5,14,16H2,2-3H3,(H,23,25)/b22-15-. The predicted octanol–water partition coefficient (Wildman–Crippen LogP) is 2.73. The minimum atomic E-state index is -3.62. The number of hydrazone groups is 1. The second-order valence-corrected chi connectivity index (χ2v) is 8.16. The third-order valence-corrected chi connectivity index (χ3v) is 5.11. The number of nitrogens with zero attached hydrogens (tertiary/aromatic N) is 2. The van der Waals surface area contributed by atoms with Gasteiger partial charge >= 0.3 is 0 Å². The normalized spacial score (nSPS) is 11.2. The molecule has 7 nitrogen and oxygen atoms in total. The van der Waals surface area contributed by atoms with Crippen molar-refractivity contribution in [2.45, 2.75) is 13.3 Å². The van der Waals surface area contributed by atoms with Crippen LogP contribution >= 0.6 is 0 Å². The monoisotopic (exact) mass is 415 g/mol. The number of benzene rings is 2. The topological polar surface area (TPSA) is 88.1 Å². The van der Waals surface area contributed by atoms with Gasteiger partial charge in [-0.05, 0) is 53.9 Å². The minimum absolute atomic E-state index is 0.365. The molecule has 2 rings (SSSR count). The van der Waals surface area contributed by atoms with Crippen LogP contribution in [0.4, 0.5) is 5.69 Å². The Balaban J connectivity index is 1.99. The van der Waals surface area contributed by atoms with Gasteiger partial charge in [-0.2, -0.15) is 5.10 Å². The molecule has 0 aliphatic heterocycles. The van der Waals surface area contributed by atoms with Crippen LogP contribution in [0.25, 0.3) is 0 Å². The lowest BCUT2D eigenvalue weighted by Gasteiger charge is -2.21. The molecule has 0 unspecified atom stereocenters. The highest BCUT2D eigenvalue weighted by molar-refractivity contribution is 7.92. The number of carbonyl (C=O) groups excluding carboxylic acids is 1. The zero-order chi connectivity index (χ0) is 21.3. The van der Waals surface area contributed by atoms with E-state index < -0.39 is 15.9 Å². The van der Waals surface area contributed by atoms with Crippen LogP contribution in [0.1, 0.15) is 18.1 Å². The minimum Gasteiger partial charge on any atom is -0.490 e. The Kier molecular flexibility index (Phi) is 7.97. The van der Waals surface area contributed by atoms with Crippen molar-refractivity contribution in [3.8, 4) is 5.75 Å². The first-order valence-electron chi connectivity index (χ1n) is 9.05. The highest BCUT2D eigenvalue weighted by Crippen LogP contribution is 2.18. The second kappa shape index (κ2) is 10.4. The van der Waals surface area contributed by atoms with Gasteiger partial charge in [0.05, 0.1) is 18.2 Å². The maximum Gasteiger partial charge on any atom is 0.260 e. The van der Waals surface area contributed by atoms with Crippen molar-refractivity contribution in [3.63, 3.8) is 0 Å². The van der Waals surface area contributed by atoms with Crippen LogP contribution in [-0.4, -0.2) is 39.9 Å². The second-order valence-electron chi connectivity index (χ2n) is 6.25. The third-order valence-electron chi connectivity index (χ3n) is 3.97. The Morgan fingerprint density at radius 1 is 1.17 bits per heavy atom. The van der Waals surface area contributed by atoms with Crippen molar-refractivity contribution in [1.82, 2.24) is 5.43 Å². The van der Waals surface area contributed by atoms with Crippen LogP contribution in [0.2, 0.25) is 0 Å². The van der Waals surface area contributed by atoms with Crippen LogP contribution in [0, 0.1) is 0 Å². The van der Waals surface area contributed by atoms with Gasteiger partial charge in [0.15, 0.2) is 0 Å². The summed E-state index contributed by atoms with van der Waals surface area (Å²) in [5.41, 5.74) is 4.62. The average molecular weight is 416 g/mol. The first-order chi connectivity index (χ1) is 13.8. The molecule has 2 aromatic carbocycles. The molecule has 8 heteroatoms. The summed E-state index contributed by atoms with van der Waals surface area (Å²) in [5, 5.41) is 3.89. The summed E-state index contributed by atoms with van der Waals surface area (Å²) in [5.74, 6) is 0.154. The summed E-state index contributed by atoms with van der Waals surface area (Å²) in [6, 6.07) is 14.2. The zero-order valence-electron chi connectivity index (χ0n) is 16.5. The molecule has 154 valence electrons. The summed E-state index contributed by atoms with van der Waals surface area (Å²) in [6.45, 7) is 5.65. The average Bonchev–Trinajstić information content (AvgIpc) is 2.71. The molecule has 0 saturated heterocycles. The largest absolute Gasteiger partial charge is 0.490 e. The van der Waals surface area contributed by atoms with E-state index in [1.54, 1.807) is 42.5 Å². The summed E-state index contributed by atoms with van der Waals surface area (Å²) < 4.78 is 30.7. The van der Waals surface area contributed by atoms with Gasteiger partial charge in [-0.3, -0.25) is 9.10 Å². The van der Waals surface area contributed by atoms with Crippen LogP contribution in [0.5, 0.6) is 5.75 Å². The van der Waals surface area contributed by atoms with E-state index in [1.165, 1.54) is 6.21 Å².